The molecule has 0 radical (unpaired) electrons. The van der Waals surface area contributed by atoms with Gasteiger partial charge in [-0.2, -0.15) is 0 Å². The first-order chi connectivity index (χ1) is 9.06. The van der Waals surface area contributed by atoms with Crippen molar-refractivity contribution < 1.29 is 9.59 Å². The number of hydrogen-bond donors (Lipinski definition) is 1. The van der Waals surface area contributed by atoms with Crippen molar-refractivity contribution in [3.8, 4) is 0 Å². The maximum atomic E-state index is 12.1. The molecule has 1 unspecified atom stereocenters. The normalized spacial score (nSPS) is 15.5. The SMILES string of the molecule is CCC(CNN1C(=O)c2ccccc2C1=O)C(=S)[S-]. The number of fused-ring (bicyclic) bond motifs is 1. The van der Waals surface area contributed by atoms with E-state index in [1.54, 1.807) is 24.3 Å². The Bertz CT molecular complexity index is 510. The van der Waals surface area contributed by atoms with Gasteiger partial charge in [-0.05, 0) is 24.5 Å². The molecule has 0 fully saturated rings. The van der Waals surface area contributed by atoms with E-state index in [2.05, 4.69) is 5.43 Å². The molecule has 19 heavy (non-hydrogen) atoms. The quantitative estimate of drug-likeness (QED) is 0.508. The molecule has 2 rings (SSSR count). The number of amides is 2. The molecule has 4 nitrogen and oxygen atoms in total. The molecule has 1 aliphatic heterocycles. The number of nitrogens with one attached hydrogen (secondary N) is 1. The first-order valence-corrected chi connectivity index (χ1v) is 6.80. The van der Waals surface area contributed by atoms with E-state index in [1.165, 1.54) is 0 Å². The molecule has 1 aromatic rings. The van der Waals surface area contributed by atoms with Crippen LogP contribution in [0.5, 0.6) is 0 Å². The van der Waals surface area contributed by atoms with E-state index >= 15 is 0 Å². The number of hydrazine groups is 1. The number of thiocarbonyl (C=S) groups is 1. The number of nitrogens with zero attached hydrogens (tertiary/aromatic N) is 1. The van der Waals surface area contributed by atoms with E-state index in [9.17, 15) is 9.59 Å². The largest absolute Gasteiger partial charge is 0.433 e. The van der Waals surface area contributed by atoms with Gasteiger partial charge in [0.2, 0.25) is 0 Å². The first kappa shape index (κ1) is 14.0. The minimum absolute atomic E-state index is 0.00527. The van der Waals surface area contributed by atoms with Crippen LogP contribution < -0.4 is 5.43 Å². The lowest BCUT2D eigenvalue weighted by Gasteiger charge is -2.23. The Labute approximate surface area is 122 Å². The van der Waals surface area contributed by atoms with Gasteiger partial charge in [0.05, 0.1) is 11.1 Å². The summed E-state index contributed by atoms with van der Waals surface area (Å²) in [4.78, 5) is 24.1. The van der Waals surface area contributed by atoms with Crippen molar-refractivity contribution in [3.63, 3.8) is 0 Å². The van der Waals surface area contributed by atoms with Crippen molar-refractivity contribution in [2.75, 3.05) is 6.54 Å². The highest BCUT2D eigenvalue weighted by Crippen LogP contribution is 2.20. The van der Waals surface area contributed by atoms with Gasteiger partial charge < -0.3 is 24.8 Å². The second-order valence-corrected chi connectivity index (χ2v) is 5.42. The van der Waals surface area contributed by atoms with Gasteiger partial charge in [0.25, 0.3) is 11.8 Å². The van der Waals surface area contributed by atoms with Gasteiger partial charge in [0, 0.05) is 6.54 Å². The number of imide groups is 1. The number of benzene rings is 1. The van der Waals surface area contributed by atoms with E-state index in [0.29, 0.717) is 21.9 Å². The van der Waals surface area contributed by atoms with E-state index in [1.807, 2.05) is 6.92 Å². The molecule has 1 heterocycles. The fourth-order valence-corrected chi connectivity index (χ4v) is 2.43. The lowest BCUT2D eigenvalue weighted by Crippen LogP contribution is -2.45. The summed E-state index contributed by atoms with van der Waals surface area (Å²) in [5.41, 5.74) is 3.69. The van der Waals surface area contributed by atoms with E-state index < -0.39 is 0 Å². The zero-order valence-electron chi connectivity index (χ0n) is 10.4. The Hall–Kier alpha value is -1.37. The topological polar surface area (TPSA) is 49.4 Å². The number of carbonyl (C=O) groups is 2. The molecule has 0 bridgehead atoms. The minimum Gasteiger partial charge on any atom is -0.433 e. The van der Waals surface area contributed by atoms with Gasteiger partial charge in [-0.3, -0.25) is 9.59 Å². The van der Waals surface area contributed by atoms with Crippen molar-refractivity contribution in [1.29, 1.82) is 0 Å². The maximum absolute atomic E-state index is 12.1. The van der Waals surface area contributed by atoms with Crippen LogP contribution in [0.2, 0.25) is 0 Å². The Balaban J connectivity index is 2.10. The highest BCUT2D eigenvalue weighted by Gasteiger charge is 2.35. The molecule has 0 saturated heterocycles. The standard InChI is InChI=1S/C13H14N2O2S2/c1-2-8(13(18)19)7-14-15-11(16)9-5-3-4-6-10(9)12(15)17/h3-6,8,14H,2,7H2,1H3,(H,18,19)/p-1. The number of carbonyl (C=O) groups excluding carboxylic acids is 2. The predicted octanol–water partition coefficient (Wildman–Crippen LogP) is 1.69. The Kier molecular flexibility index (Phi) is 4.24. The predicted molar refractivity (Wildman–Crippen MR) is 78.7 cm³/mol. The summed E-state index contributed by atoms with van der Waals surface area (Å²) in [5, 5.41) is 1.04. The van der Waals surface area contributed by atoms with Crippen LogP contribution in [0, 0.1) is 5.92 Å². The zero-order valence-corrected chi connectivity index (χ0v) is 12.0. The van der Waals surface area contributed by atoms with Gasteiger partial charge in [0.15, 0.2) is 0 Å². The van der Waals surface area contributed by atoms with E-state index in [4.69, 9.17) is 24.8 Å². The molecule has 0 saturated carbocycles. The third-order valence-electron chi connectivity index (χ3n) is 3.12. The highest BCUT2D eigenvalue weighted by molar-refractivity contribution is 8.00. The van der Waals surface area contributed by atoms with Crippen LogP contribution in [0.4, 0.5) is 0 Å². The van der Waals surface area contributed by atoms with Crippen LogP contribution in [0.15, 0.2) is 24.3 Å². The van der Waals surface area contributed by atoms with Crippen LogP contribution in [0.3, 0.4) is 0 Å². The van der Waals surface area contributed by atoms with Crippen molar-refractivity contribution in [2.45, 2.75) is 13.3 Å². The van der Waals surface area contributed by atoms with Gasteiger partial charge >= 0.3 is 0 Å². The Morgan fingerprint density at radius 2 is 1.84 bits per heavy atom. The average Bonchev–Trinajstić information content (AvgIpc) is 2.64. The summed E-state index contributed by atoms with van der Waals surface area (Å²) in [6.45, 7) is 2.36. The van der Waals surface area contributed by atoms with Crippen LogP contribution in [-0.4, -0.2) is 27.6 Å². The van der Waals surface area contributed by atoms with Gasteiger partial charge in [-0.15, -0.1) is 4.20 Å². The molecule has 100 valence electrons. The monoisotopic (exact) mass is 293 g/mol. The second kappa shape index (κ2) is 5.73. The highest BCUT2D eigenvalue weighted by atomic mass is 32.1. The molecule has 2 amide bonds. The molecule has 6 heteroatoms. The molecular formula is C13H13N2O2S2-. The lowest BCUT2D eigenvalue weighted by molar-refractivity contribution is 0.0562. The second-order valence-electron chi connectivity index (χ2n) is 4.28. The molecular weight excluding hydrogens is 280 g/mol. The van der Waals surface area contributed by atoms with E-state index in [0.717, 1.165) is 11.4 Å². The summed E-state index contributed by atoms with van der Waals surface area (Å²) < 4.78 is 0.464. The summed E-state index contributed by atoms with van der Waals surface area (Å²) in [5.74, 6) is -0.661. The molecule has 1 aromatic carbocycles. The fourth-order valence-electron chi connectivity index (χ4n) is 1.93. The van der Waals surface area contributed by atoms with Crippen LogP contribution >= 0.6 is 12.2 Å². The number of rotatable bonds is 5. The Morgan fingerprint density at radius 1 is 1.32 bits per heavy atom. The van der Waals surface area contributed by atoms with Crippen molar-refractivity contribution in [1.82, 2.24) is 10.4 Å². The summed E-state index contributed by atoms with van der Waals surface area (Å²) in [6.07, 6.45) is 0.776. The average molecular weight is 293 g/mol. The van der Waals surface area contributed by atoms with Crippen molar-refractivity contribution in [3.05, 3.63) is 35.4 Å². The van der Waals surface area contributed by atoms with Crippen LogP contribution in [0.25, 0.3) is 0 Å². The third kappa shape index (κ3) is 2.65. The summed E-state index contributed by atoms with van der Waals surface area (Å²) in [6, 6.07) is 6.76. The van der Waals surface area contributed by atoms with Gasteiger partial charge in [0.1, 0.15) is 0 Å². The van der Waals surface area contributed by atoms with Crippen molar-refractivity contribution in [2.24, 2.45) is 5.92 Å². The summed E-state index contributed by atoms with van der Waals surface area (Å²) in [7, 11) is 0. The first-order valence-electron chi connectivity index (χ1n) is 5.98. The molecule has 0 aromatic heterocycles. The van der Waals surface area contributed by atoms with Crippen LogP contribution in [0.1, 0.15) is 34.1 Å². The fraction of sp³-hybridized carbons (Fsp3) is 0.308. The number of hydrogen-bond acceptors (Lipinski definition) is 5. The van der Waals surface area contributed by atoms with Crippen molar-refractivity contribution >= 4 is 40.9 Å². The van der Waals surface area contributed by atoms with E-state index in [-0.39, 0.29) is 17.7 Å². The smallest absolute Gasteiger partial charge is 0.276 e. The van der Waals surface area contributed by atoms with Gasteiger partial charge in [-0.1, -0.05) is 19.1 Å². The van der Waals surface area contributed by atoms with Crippen LogP contribution in [-0.2, 0) is 12.6 Å². The lowest BCUT2D eigenvalue weighted by atomic mass is 10.1. The molecule has 1 aliphatic rings. The Morgan fingerprint density at radius 3 is 2.26 bits per heavy atom. The molecule has 1 atom stereocenters. The van der Waals surface area contributed by atoms with Gasteiger partial charge in [-0.25, -0.2) is 10.4 Å². The summed E-state index contributed by atoms with van der Waals surface area (Å²) >= 11 is 9.94. The molecule has 0 aliphatic carbocycles. The third-order valence-corrected chi connectivity index (χ3v) is 3.78. The zero-order chi connectivity index (χ0) is 14.0. The minimum atomic E-state index is -0.328. The maximum Gasteiger partial charge on any atom is 0.276 e. The molecule has 0 spiro atoms. The molecule has 1 N–H and O–H groups in total.